The Morgan fingerprint density at radius 3 is 2.43 bits per heavy atom. The van der Waals surface area contributed by atoms with E-state index in [4.69, 9.17) is 4.74 Å². The van der Waals surface area contributed by atoms with E-state index in [1.54, 1.807) is 0 Å². The highest BCUT2D eigenvalue weighted by Gasteiger charge is 2.64. The van der Waals surface area contributed by atoms with E-state index in [0.717, 1.165) is 0 Å². The largest absolute Gasteiger partial charge is 0.462 e. The molecule has 72 valence electrons. The first-order valence-corrected chi connectivity index (χ1v) is 5.04. The lowest BCUT2D eigenvalue weighted by Crippen LogP contribution is -2.11. The van der Waals surface area contributed by atoms with Gasteiger partial charge >= 0.3 is 5.97 Å². The Kier molecular flexibility index (Phi) is 1.49. The Bertz CT molecular complexity index is 371. The molecule has 2 heteroatoms. The first-order chi connectivity index (χ1) is 6.79. The van der Waals surface area contributed by atoms with E-state index in [1.165, 1.54) is 5.56 Å². The Morgan fingerprint density at radius 1 is 1.14 bits per heavy atom. The summed E-state index contributed by atoms with van der Waals surface area (Å²) in [5.41, 5.74) is 1.28. The molecule has 0 radical (unpaired) electrons. The normalized spacial score (nSPS) is 39.1. The molecule has 0 unspecified atom stereocenters. The maximum absolute atomic E-state index is 11.4. The zero-order valence-electron chi connectivity index (χ0n) is 8.01. The molecule has 1 aromatic rings. The van der Waals surface area contributed by atoms with Crippen LogP contribution in [0.4, 0.5) is 0 Å². The van der Waals surface area contributed by atoms with Gasteiger partial charge in [-0.05, 0) is 12.5 Å². The topological polar surface area (TPSA) is 26.3 Å². The van der Waals surface area contributed by atoms with Crippen molar-refractivity contribution in [1.29, 1.82) is 0 Å². The highest BCUT2D eigenvalue weighted by atomic mass is 16.6. The summed E-state index contributed by atoms with van der Waals surface area (Å²) in [6.45, 7) is 1.99. The number of carbonyl (C=O) groups excluding carboxylic acids is 1. The number of esters is 1. The Balaban J connectivity index is 1.89. The van der Waals surface area contributed by atoms with Gasteiger partial charge in [0.2, 0.25) is 0 Å². The summed E-state index contributed by atoms with van der Waals surface area (Å²) in [4.78, 5) is 11.4. The van der Waals surface area contributed by atoms with Gasteiger partial charge < -0.3 is 4.74 Å². The van der Waals surface area contributed by atoms with Gasteiger partial charge in [-0.1, -0.05) is 30.3 Å². The zero-order chi connectivity index (χ0) is 9.71. The van der Waals surface area contributed by atoms with E-state index in [9.17, 15) is 4.79 Å². The average molecular weight is 188 g/mol. The fourth-order valence-corrected chi connectivity index (χ4v) is 2.67. The maximum Gasteiger partial charge on any atom is 0.310 e. The molecule has 1 aliphatic heterocycles. The first kappa shape index (κ1) is 8.04. The molecular formula is C12H12O2. The van der Waals surface area contributed by atoms with Gasteiger partial charge in [0.05, 0.1) is 5.92 Å². The van der Waals surface area contributed by atoms with Crippen molar-refractivity contribution in [3.05, 3.63) is 35.9 Å². The molecular weight excluding hydrogens is 176 g/mol. The fraction of sp³-hybridized carbons (Fsp3) is 0.417. The van der Waals surface area contributed by atoms with Crippen LogP contribution in [0.1, 0.15) is 18.4 Å². The molecule has 2 aliphatic rings. The van der Waals surface area contributed by atoms with Gasteiger partial charge in [0.15, 0.2) is 0 Å². The summed E-state index contributed by atoms with van der Waals surface area (Å²) >= 11 is 0. The number of benzene rings is 1. The van der Waals surface area contributed by atoms with Crippen LogP contribution in [0.5, 0.6) is 0 Å². The molecule has 1 aliphatic carbocycles. The second-order valence-electron chi connectivity index (χ2n) is 4.18. The Hall–Kier alpha value is -1.31. The van der Waals surface area contributed by atoms with Crippen molar-refractivity contribution in [3.63, 3.8) is 0 Å². The minimum atomic E-state index is -0.00338. The summed E-state index contributed by atoms with van der Waals surface area (Å²) in [7, 11) is 0. The van der Waals surface area contributed by atoms with Crippen molar-refractivity contribution < 1.29 is 9.53 Å². The molecule has 0 aromatic heterocycles. The van der Waals surface area contributed by atoms with Crippen LogP contribution in [0, 0.1) is 11.8 Å². The summed E-state index contributed by atoms with van der Waals surface area (Å²) in [5, 5.41) is 0. The van der Waals surface area contributed by atoms with Gasteiger partial charge in [0.25, 0.3) is 0 Å². The van der Waals surface area contributed by atoms with Crippen molar-refractivity contribution in [1.82, 2.24) is 0 Å². The van der Waals surface area contributed by atoms with Crippen molar-refractivity contribution in [3.8, 4) is 0 Å². The fourth-order valence-electron chi connectivity index (χ4n) is 2.67. The molecule has 3 rings (SSSR count). The summed E-state index contributed by atoms with van der Waals surface area (Å²) in [6, 6.07) is 10.3. The maximum atomic E-state index is 11.4. The molecule has 2 nitrogen and oxygen atoms in total. The summed E-state index contributed by atoms with van der Waals surface area (Å²) in [6.07, 6.45) is 0.109. The predicted octanol–water partition coefficient (Wildman–Crippen LogP) is 1.96. The highest BCUT2D eigenvalue weighted by molar-refractivity contribution is 5.81. The van der Waals surface area contributed by atoms with Crippen LogP contribution < -0.4 is 0 Å². The molecule has 4 atom stereocenters. The van der Waals surface area contributed by atoms with Gasteiger partial charge in [-0.15, -0.1) is 0 Å². The van der Waals surface area contributed by atoms with E-state index in [0.29, 0.717) is 11.8 Å². The summed E-state index contributed by atoms with van der Waals surface area (Å²) in [5.74, 6) is 1.00. The minimum Gasteiger partial charge on any atom is -0.462 e. The standard InChI is InChI=1S/C12H12O2/c1-7-9-10(11(9)12(13)14-7)8-5-3-2-4-6-8/h2-7,9-11H,1H3/t7-,9-,10-,11-/m1/s1. The molecule has 14 heavy (non-hydrogen) atoms. The van der Waals surface area contributed by atoms with E-state index in [-0.39, 0.29) is 18.0 Å². The monoisotopic (exact) mass is 188 g/mol. The van der Waals surface area contributed by atoms with E-state index in [2.05, 4.69) is 12.1 Å². The molecule has 0 amide bonds. The summed E-state index contributed by atoms with van der Waals surface area (Å²) < 4.78 is 5.14. The first-order valence-electron chi connectivity index (χ1n) is 5.04. The number of fused-ring (bicyclic) bond motifs is 1. The second kappa shape index (κ2) is 2.59. The third kappa shape index (κ3) is 0.939. The highest BCUT2D eigenvalue weighted by Crippen LogP contribution is 2.60. The number of cyclic esters (lactones) is 1. The van der Waals surface area contributed by atoms with Gasteiger partial charge in [-0.3, -0.25) is 4.79 Å². The van der Waals surface area contributed by atoms with Crippen LogP contribution in [-0.2, 0) is 9.53 Å². The van der Waals surface area contributed by atoms with Crippen LogP contribution in [0.2, 0.25) is 0 Å². The van der Waals surface area contributed by atoms with Crippen molar-refractivity contribution in [2.45, 2.75) is 18.9 Å². The number of rotatable bonds is 1. The Morgan fingerprint density at radius 2 is 1.86 bits per heavy atom. The average Bonchev–Trinajstić information content (AvgIpc) is 2.87. The number of hydrogen-bond donors (Lipinski definition) is 0. The number of ether oxygens (including phenoxy) is 1. The number of carbonyl (C=O) groups is 1. The van der Waals surface area contributed by atoms with Crippen molar-refractivity contribution in [2.24, 2.45) is 11.8 Å². The molecule has 0 spiro atoms. The molecule has 1 saturated heterocycles. The quantitative estimate of drug-likeness (QED) is 0.630. The minimum absolute atomic E-state index is 0.00338. The predicted molar refractivity (Wildman–Crippen MR) is 51.7 cm³/mol. The lowest BCUT2D eigenvalue weighted by atomic mass is 10.1. The lowest BCUT2D eigenvalue weighted by Gasteiger charge is -2.09. The van der Waals surface area contributed by atoms with Crippen LogP contribution in [0.15, 0.2) is 30.3 Å². The molecule has 1 heterocycles. The van der Waals surface area contributed by atoms with E-state index < -0.39 is 0 Å². The SMILES string of the molecule is C[C@H]1OC(=O)[C@H]2[C@H](c3ccccc3)[C@H]21. The molecule has 1 aromatic carbocycles. The van der Waals surface area contributed by atoms with Crippen molar-refractivity contribution in [2.75, 3.05) is 0 Å². The van der Waals surface area contributed by atoms with Crippen molar-refractivity contribution >= 4 is 5.97 Å². The third-order valence-electron chi connectivity index (χ3n) is 3.38. The second-order valence-corrected chi connectivity index (χ2v) is 4.18. The van der Waals surface area contributed by atoms with Crippen LogP contribution in [-0.4, -0.2) is 12.1 Å². The van der Waals surface area contributed by atoms with Crippen LogP contribution in [0.3, 0.4) is 0 Å². The van der Waals surface area contributed by atoms with Gasteiger partial charge in [-0.25, -0.2) is 0 Å². The van der Waals surface area contributed by atoms with Crippen LogP contribution >= 0.6 is 0 Å². The molecule has 0 N–H and O–H groups in total. The third-order valence-corrected chi connectivity index (χ3v) is 3.38. The smallest absolute Gasteiger partial charge is 0.310 e. The number of hydrogen-bond acceptors (Lipinski definition) is 2. The van der Waals surface area contributed by atoms with Gasteiger partial charge in [0.1, 0.15) is 6.10 Å². The van der Waals surface area contributed by atoms with Gasteiger partial charge in [0, 0.05) is 11.8 Å². The molecule has 2 fully saturated rings. The lowest BCUT2D eigenvalue weighted by molar-refractivity contribution is -0.144. The molecule has 1 saturated carbocycles. The zero-order valence-corrected chi connectivity index (χ0v) is 8.01. The van der Waals surface area contributed by atoms with Gasteiger partial charge in [-0.2, -0.15) is 0 Å². The van der Waals surface area contributed by atoms with E-state index in [1.807, 2.05) is 25.1 Å². The molecule has 0 bridgehead atoms. The van der Waals surface area contributed by atoms with Crippen LogP contribution in [0.25, 0.3) is 0 Å². The Labute approximate surface area is 82.9 Å². The van der Waals surface area contributed by atoms with E-state index >= 15 is 0 Å².